The predicted octanol–water partition coefficient (Wildman–Crippen LogP) is 0.911. The van der Waals surface area contributed by atoms with Crippen LogP contribution < -0.4 is 0 Å². The van der Waals surface area contributed by atoms with E-state index in [1.807, 2.05) is 0 Å². The van der Waals surface area contributed by atoms with Crippen molar-refractivity contribution in [2.45, 2.75) is 19.4 Å². The third kappa shape index (κ3) is 2.01. The lowest BCUT2D eigenvalue weighted by molar-refractivity contribution is -0.167. The molecule has 0 unspecified atom stereocenters. The predicted molar refractivity (Wildman–Crippen MR) is 39.5 cm³/mol. The van der Waals surface area contributed by atoms with E-state index in [0.29, 0.717) is 5.69 Å². The van der Waals surface area contributed by atoms with Gasteiger partial charge in [-0.2, -0.15) is 13.9 Å². The normalized spacial score (nSPS) is 11.6. The molecule has 0 amide bonds. The Hall–Kier alpha value is -1.46. The van der Waals surface area contributed by atoms with E-state index in [2.05, 4.69) is 5.10 Å². The molecule has 13 heavy (non-hydrogen) atoms. The SMILES string of the molecule is Cc1ccnn1CC(F)(F)C(=O)O. The van der Waals surface area contributed by atoms with E-state index in [-0.39, 0.29) is 0 Å². The van der Waals surface area contributed by atoms with Crippen LogP contribution in [0.1, 0.15) is 5.69 Å². The van der Waals surface area contributed by atoms with Crippen molar-refractivity contribution in [2.24, 2.45) is 0 Å². The van der Waals surface area contributed by atoms with Gasteiger partial charge in [0.2, 0.25) is 0 Å². The van der Waals surface area contributed by atoms with Crippen molar-refractivity contribution in [1.29, 1.82) is 0 Å². The second kappa shape index (κ2) is 3.12. The van der Waals surface area contributed by atoms with Crippen LogP contribution in [-0.2, 0) is 11.3 Å². The number of aryl methyl sites for hydroxylation is 1. The second-order valence-corrected chi connectivity index (χ2v) is 2.64. The molecule has 0 aliphatic carbocycles. The first-order chi connectivity index (χ1) is 5.93. The fourth-order valence-electron chi connectivity index (χ4n) is 0.820. The van der Waals surface area contributed by atoms with Gasteiger partial charge in [-0.3, -0.25) is 4.68 Å². The Labute approximate surface area is 72.8 Å². The summed E-state index contributed by atoms with van der Waals surface area (Å²) in [4.78, 5) is 10.1. The number of carbonyl (C=O) groups is 1. The molecule has 0 aliphatic rings. The number of hydrogen-bond acceptors (Lipinski definition) is 2. The molecule has 1 rings (SSSR count). The van der Waals surface area contributed by atoms with Crippen LogP contribution in [-0.4, -0.2) is 26.8 Å². The van der Waals surface area contributed by atoms with Gasteiger partial charge in [0, 0.05) is 11.9 Å². The molecule has 0 atom stereocenters. The molecule has 0 aromatic carbocycles. The molecule has 1 N–H and O–H groups in total. The van der Waals surface area contributed by atoms with Gasteiger partial charge >= 0.3 is 11.9 Å². The number of halogens is 2. The number of hydrogen-bond donors (Lipinski definition) is 1. The molecular weight excluding hydrogens is 182 g/mol. The van der Waals surface area contributed by atoms with Crippen LogP contribution in [0.2, 0.25) is 0 Å². The van der Waals surface area contributed by atoms with Gasteiger partial charge in [-0.25, -0.2) is 4.79 Å². The van der Waals surface area contributed by atoms with E-state index in [1.165, 1.54) is 12.3 Å². The van der Waals surface area contributed by atoms with Gasteiger partial charge < -0.3 is 5.11 Å². The quantitative estimate of drug-likeness (QED) is 0.770. The van der Waals surface area contributed by atoms with Crippen LogP contribution >= 0.6 is 0 Å². The van der Waals surface area contributed by atoms with Gasteiger partial charge in [0.1, 0.15) is 6.54 Å². The van der Waals surface area contributed by atoms with Gasteiger partial charge in [-0.05, 0) is 13.0 Å². The van der Waals surface area contributed by atoms with Crippen molar-refractivity contribution < 1.29 is 18.7 Å². The fourth-order valence-corrected chi connectivity index (χ4v) is 0.820. The summed E-state index contributed by atoms with van der Waals surface area (Å²) in [6, 6.07) is 1.53. The number of aliphatic carboxylic acids is 1. The molecule has 0 radical (unpaired) electrons. The van der Waals surface area contributed by atoms with E-state index in [1.54, 1.807) is 6.92 Å². The standard InChI is InChI=1S/C7H8F2N2O2/c1-5-2-3-10-11(5)4-7(8,9)6(12)13/h2-3H,4H2,1H3,(H,12,13). The number of carboxylic acid groups (broad SMARTS) is 1. The van der Waals surface area contributed by atoms with Crippen LogP contribution in [0.5, 0.6) is 0 Å². The Morgan fingerprint density at radius 3 is 2.77 bits per heavy atom. The topological polar surface area (TPSA) is 55.1 Å². The minimum absolute atomic E-state index is 0.501. The molecule has 72 valence electrons. The lowest BCUT2D eigenvalue weighted by atomic mass is 10.3. The molecule has 1 aromatic rings. The molecule has 0 saturated carbocycles. The fraction of sp³-hybridized carbons (Fsp3) is 0.429. The largest absolute Gasteiger partial charge is 0.477 e. The lowest BCUT2D eigenvalue weighted by Crippen LogP contribution is -2.34. The zero-order valence-corrected chi connectivity index (χ0v) is 6.87. The van der Waals surface area contributed by atoms with E-state index in [9.17, 15) is 13.6 Å². The highest BCUT2D eigenvalue weighted by atomic mass is 19.3. The summed E-state index contributed by atoms with van der Waals surface area (Å²) in [7, 11) is 0. The van der Waals surface area contributed by atoms with E-state index in [4.69, 9.17) is 5.11 Å². The van der Waals surface area contributed by atoms with Crippen molar-refractivity contribution in [3.8, 4) is 0 Å². The van der Waals surface area contributed by atoms with Gasteiger partial charge in [0.05, 0.1) is 0 Å². The van der Waals surface area contributed by atoms with E-state index < -0.39 is 18.4 Å². The van der Waals surface area contributed by atoms with Gasteiger partial charge in [-0.1, -0.05) is 0 Å². The van der Waals surface area contributed by atoms with E-state index in [0.717, 1.165) is 4.68 Å². The first kappa shape index (κ1) is 9.63. The summed E-state index contributed by atoms with van der Waals surface area (Å²) in [6.45, 7) is 0.645. The molecule has 6 heteroatoms. The Bertz CT molecular complexity index is 322. The third-order valence-corrected chi connectivity index (χ3v) is 1.59. The number of rotatable bonds is 3. The summed E-state index contributed by atoms with van der Waals surface area (Å²) in [5.74, 6) is -5.90. The zero-order chi connectivity index (χ0) is 10.1. The molecule has 0 bridgehead atoms. The summed E-state index contributed by atoms with van der Waals surface area (Å²) in [5, 5.41) is 11.7. The van der Waals surface area contributed by atoms with Crippen LogP contribution in [0, 0.1) is 6.92 Å². The van der Waals surface area contributed by atoms with Gasteiger partial charge in [0.15, 0.2) is 0 Å². The van der Waals surface area contributed by atoms with Crippen molar-refractivity contribution >= 4 is 5.97 Å². The summed E-state index contributed by atoms with van der Waals surface area (Å²) < 4.78 is 26.2. The van der Waals surface area contributed by atoms with Crippen LogP contribution in [0.3, 0.4) is 0 Å². The number of nitrogens with zero attached hydrogens (tertiary/aromatic N) is 2. The number of carboxylic acids is 1. The Balaban J connectivity index is 2.80. The summed E-state index contributed by atoms with van der Waals surface area (Å²) >= 11 is 0. The molecule has 0 spiro atoms. The zero-order valence-electron chi connectivity index (χ0n) is 6.87. The molecule has 1 aromatic heterocycles. The monoisotopic (exact) mass is 190 g/mol. The van der Waals surface area contributed by atoms with Crippen molar-refractivity contribution in [2.75, 3.05) is 0 Å². The highest BCUT2D eigenvalue weighted by molar-refractivity contribution is 5.75. The first-order valence-electron chi connectivity index (χ1n) is 3.53. The van der Waals surface area contributed by atoms with Crippen molar-refractivity contribution in [3.05, 3.63) is 18.0 Å². The van der Waals surface area contributed by atoms with Gasteiger partial charge in [0.25, 0.3) is 0 Å². The molecular formula is C7H8F2N2O2. The Morgan fingerprint density at radius 2 is 2.38 bits per heavy atom. The van der Waals surface area contributed by atoms with Crippen molar-refractivity contribution in [1.82, 2.24) is 9.78 Å². The molecule has 4 nitrogen and oxygen atoms in total. The first-order valence-corrected chi connectivity index (χ1v) is 3.53. The molecule has 1 heterocycles. The highest BCUT2D eigenvalue weighted by Crippen LogP contribution is 2.16. The Morgan fingerprint density at radius 1 is 1.77 bits per heavy atom. The minimum atomic E-state index is -3.77. The minimum Gasteiger partial charge on any atom is -0.477 e. The third-order valence-electron chi connectivity index (χ3n) is 1.59. The van der Waals surface area contributed by atoms with Crippen LogP contribution in [0.15, 0.2) is 12.3 Å². The highest BCUT2D eigenvalue weighted by Gasteiger charge is 2.39. The number of aromatic nitrogens is 2. The number of alkyl halides is 2. The lowest BCUT2D eigenvalue weighted by Gasteiger charge is -2.11. The van der Waals surface area contributed by atoms with E-state index >= 15 is 0 Å². The summed E-state index contributed by atoms with van der Waals surface area (Å²) in [6.07, 6.45) is 1.34. The molecule has 0 fully saturated rings. The maximum absolute atomic E-state index is 12.6. The molecule has 0 saturated heterocycles. The van der Waals surface area contributed by atoms with Crippen LogP contribution in [0.25, 0.3) is 0 Å². The maximum atomic E-state index is 12.6. The second-order valence-electron chi connectivity index (χ2n) is 2.64. The Kier molecular flexibility index (Phi) is 2.31. The average molecular weight is 190 g/mol. The molecule has 0 aliphatic heterocycles. The van der Waals surface area contributed by atoms with Crippen LogP contribution in [0.4, 0.5) is 8.78 Å². The van der Waals surface area contributed by atoms with Crippen molar-refractivity contribution in [3.63, 3.8) is 0 Å². The average Bonchev–Trinajstić information content (AvgIpc) is 2.35. The summed E-state index contributed by atoms with van der Waals surface area (Å²) in [5.41, 5.74) is 0.501. The van der Waals surface area contributed by atoms with Gasteiger partial charge in [-0.15, -0.1) is 0 Å². The maximum Gasteiger partial charge on any atom is 0.376 e. The smallest absolute Gasteiger partial charge is 0.376 e.